The first-order valence-corrected chi connectivity index (χ1v) is 3.81. The maximum absolute atomic E-state index is 10.8. The first kappa shape index (κ1) is 10.2. The van der Waals surface area contributed by atoms with Crippen LogP contribution in [0.25, 0.3) is 11.8 Å². The maximum atomic E-state index is 10.8. The molecule has 64 valence electrons. The van der Waals surface area contributed by atoms with Crippen molar-refractivity contribution in [3.63, 3.8) is 0 Å². The summed E-state index contributed by atoms with van der Waals surface area (Å²) in [6.45, 7) is 0. The number of benzene rings is 1. The number of carbonyl (C=O) groups is 1. The molecule has 0 heterocycles. The van der Waals surface area contributed by atoms with E-state index in [1.807, 2.05) is 30.3 Å². The van der Waals surface area contributed by atoms with Gasteiger partial charge in [0.05, 0.1) is 5.91 Å². The summed E-state index contributed by atoms with van der Waals surface area (Å²) in [5.74, 6) is -0.864. The van der Waals surface area contributed by atoms with Crippen molar-refractivity contribution >= 4 is 12.0 Å². The summed E-state index contributed by atoms with van der Waals surface area (Å²) in [6, 6.07) is 7.67. The molecule has 1 aliphatic rings. The molecule has 0 radical (unpaired) electrons. The second-order valence-electron chi connectivity index (χ2n) is 2.83. The molecule has 3 heteroatoms. The zero-order valence-electron chi connectivity index (χ0n) is 6.95. The first-order chi connectivity index (χ1) is 5.79. The van der Waals surface area contributed by atoms with Gasteiger partial charge >= 0.3 is 0 Å². The van der Waals surface area contributed by atoms with Gasteiger partial charge < -0.3 is 10.5 Å². The van der Waals surface area contributed by atoms with Crippen molar-refractivity contribution in [2.45, 2.75) is 5.92 Å². The van der Waals surface area contributed by atoms with E-state index in [2.05, 4.69) is 0 Å². The van der Waals surface area contributed by atoms with Crippen LogP contribution in [0.2, 0.25) is 0 Å². The van der Waals surface area contributed by atoms with Gasteiger partial charge in [-0.1, -0.05) is 36.4 Å². The van der Waals surface area contributed by atoms with E-state index < -0.39 is 5.91 Å². The van der Waals surface area contributed by atoms with Crippen LogP contribution in [0.5, 0.6) is 0 Å². The molecular formula is C10H8NOTi-. The third-order valence-electron chi connectivity index (χ3n) is 2.08. The average molecular weight is 206 g/mol. The minimum atomic E-state index is -0.531. The molecule has 0 bridgehead atoms. The van der Waals surface area contributed by atoms with Gasteiger partial charge in [0.15, 0.2) is 0 Å². The van der Waals surface area contributed by atoms with Crippen molar-refractivity contribution in [2.75, 3.05) is 0 Å². The molecule has 13 heavy (non-hydrogen) atoms. The van der Waals surface area contributed by atoms with Gasteiger partial charge in [-0.15, -0.1) is 0 Å². The molecule has 1 aromatic carbocycles. The van der Waals surface area contributed by atoms with Gasteiger partial charge in [0.25, 0.3) is 0 Å². The van der Waals surface area contributed by atoms with E-state index in [0.717, 1.165) is 11.1 Å². The zero-order chi connectivity index (χ0) is 8.55. The molecule has 1 N–H and O–H groups in total. The SMILES string of the molecule is [NH-]C(=O)C1C=Cc2ccccc21.[Ti]. The normalized spacial score (nSPS) is 17.7. The summed E-state index contributed by atoms with van der Waals surface area (Å²) >= 11 is 0. The summed E-state index contributed by atoms with van der Waals surface area (Å²) in [4.78, 5) is 10.8. The molecule has 0 aliphatic heterocycles. The van der Waals surface area contributed by atoms with E-state index >= 15 is 0 Å². The van der Waals surface area contributed by atoms with Crippen molar-refractivity contribution in [3.05, 3.63) is 47.2 Å². The van der Waals surface area contributed by atoms with Gasteiger partial charge in [0.2, 0.25) is 0 Å². The van der Waals surface area contributed by atoms with Crippen molar-refractivity contribution in [3.8, 4) is 0 Å². The second kappa shape index (κ2) is 3.90. The first-order valence-electron chi connectivity index (χ1n) is 3.81. The predicted octanol–water partition coefficient (Wildman–Crippen LogP) is 2.37. The Labute approximate surface area is 91.7 Å². The van der Waals surface area contributed by atoms with Crippen molar-refractivity contribution < 1.29 is 26.5 Å². The van der Waals surface area contributed by atoms with Gasteiger partial charge in [0.1, 0.15) is 0 Å². The van der Waals surface area contributed by atoms with E-state index in [0.29, 0.717) is 0 Å². The van der Waals surface area contributed by atoms with Crippen LogP contribution in [0.15, 0.2) is 30.3 Å². The van der Waals surface area contributed by atoms with Crippen LogP contribution in [0.1, 0.15) is 17.0 Å². The molecule has 0 fully saturated rings. The Morgan fingerprint density at radius 1 is 1.31 bits per heavy atom. The average Bonchev–Trinajstić information content (AvgIpc) is 2.47. The Morgan fingerprint density at radius 2 is 2.00 bits per heavy atom. The van der Waals surface area contributed by atoms with Gasteiger partial charge in [-0.2, -0.15) is 0 Å². The van der Waals surface area contributed by atoms with E-state index in [4.69, 9.17) is 5.73 Å². The third kappa shape index (κ3) is 1.74. The smallest absolute Gasteiger partial charge is 0.0602 e. The monoisotopic (exact) mass is 206 g/mol. The molecule has 1 aromatic rings. The minimum absolute atomic E-state index is 0. The summed E-state index contributed by atoms with van der Waals surface area (Å²) in [5, 5.41) is 0. The van der Waals surface area contributed by atoms with Crippen LogP contribution < -0.4 is 0 Å². The Kier molecular flexibility index (Phi) is 3.07. The van der Waals surface area contributed by atoms with E-state index in [1.54, 1.807) is 6.08 Å². The molecule has 0 saturated heterocycles. The van der Waals surface area contributed by atoms with Gasteiger partial charge in [0, 0.05) is 27.6 Å². The fourth-order valence-electron chi connectivity index (χ4n) is 1.48. The molecular weight excluding hydrogens is 198 g/mol. The number of carbonyl (C=O) groups excluding carboxylic acids is 1. The van der Waals surface area contributed by atoms with Crippen molar-refractivity contribution in [2.24, 2.45) is 0 Å². The molecule has 1 aliphatic carbocycles. The summed E-state index contributed by atoms with van der Waals surface area (Å²) < 4.78 is 0. The number of amides is 1. The van der Waals surface area contributed by atoms with Gasteiger partial charge in [-0.3, -0.25) is 0 Å². The number of fused-ring (bicyclic) bond motifs is 1. The van der Waals surface area contributed by atoms with Crippen molar-refractivity contribution in [1.29, 1.82) is 0 Å². The van der Waals surface area contributed by atoms with Crippen LogP contribution in [-0.4, -0.2) is 5.91 Å². The quantitative estimate of drug-likeness (QED) is 0.650. The fraction of sp³-hybridized carbons (Fsp3) is 0.100. The number of hydrogen-bond donors (Lipinski definition) is 0. The van der Waals surface area contributed by atoms with Crippen LogP contribution in [0, 0.1) is 0 Å². The molecule has 2 nitrogen and oxygen atoms in total. The third-order valence-corrected chi connectivity index (χ3v) is 2.08. The topological polar surface area (TPSA) is 40.9 Å². The van der Waals surface area contributed by atoms with Gasteiger partial charge in [-0.05, 0) is 11.1 Å². The van der Waals surface area contributed by atoms with Gasteiger partial charge in [-0.25, -0.2) is 0 Å². The predicted molar refractivity (Wildman–Crippen MR) is 47.5 cm³/mol. The zero-order valence-corrected chi connectivity index (χ0v) is 8.51. The minimum Gasteiger partial charge on any atom is -0.667 e. The van der Waals surface area contributed by atoms with E-state index in [1.165, 1.54) is 0 Å². The van der Waals surface area contributed by atoms with Crippen LogP contribution in [0.3, 0.4) is 0 Å². The molecule has 1 atom stereocenters. The van der Waals surface area contributed by atoms with E-state index in [9.17, 15) is 4.79 Å². The molecule has 0 saturated carbocycles. The Hall–Kier alpha value is -0.856. The fourth-order valence-corrected chi connectivity index (χ4v) is 1.48. The summed E-state index contributed by atoms with van der Waals surface area (Å²) in [6.07, 6.45) is 3.67. The Balaban J connectivity index is 0.000000845. The Morgan fingerprint density at radius 3 is 2.69 bits per heavy atom. The molecule has 0 spiro atoms. The number of nitrogens with one attached hydrogen (secondary N) is 1. The van der Waals surface area contributed by atoms with Crippen LogP contribution >= 0.6 is 0 Å². The molecule has 0 aromatic heterocycles. The second-order valence-corrected chi connectivity index (χ2v) is 2.83. The maximum Gasteiger partial charge on any atom is 0.0602 e. The standard InChI is InChI=1S/C10H9NO.Ti/c11-10(12)9-6-5-7-3-1-2-4-8(7)9;/h1-6,9H,(H2,11,12);/p-1. The number of rotatable bonds is 1. The van der Waals surface area contributed by atoms with Crippen LogP contribution in [0.4, 0.5) is 0 Å². The van der Waals surface area contributed by atoms with E-state index in [-0.39, 0.29) is 27.6 Å². The number of hydrogen-bond acceptors (Lipinski definition) is 1. The molecule has 1 unspecified atom stereocenters. The van der Waals surface area contributed by atoms with Crippen molar-refractivity contribution in [1.82, 2.24) is 0 Å². The largest absolute Gasteiger partial charge is 0.667 e. The summed E-state index contributed by atoms with van der Waals surface area (Å²) in [5.41, 5.74) is 9.03. The molecule has 2 rings (SSSR count). The summed E-state index contributed by atoms with van der Waals surface area (Å²) in [7, 11) is 0. The Bertz CT molecular complexity index is 360. The molecule has 1 amide bonds. The van der Waals surface area contributed by atoms with Crippen LogP contribution in [-0.2, 0) is 26.5 Å².